The smallest absolute Gasteiger partial charge is 0.271 e. The van der Waals surface area contributed by atoms with Crippen LogP contribution in [0.25, 0.3) is 0 Å². The van der Waals surface area contributed by atoms with E-state index in [0.717, 1.165) is 30.9 Å². The van der Waals surface area contributed by atoms with Crippen molar-refractivity contribution in [3.63, 3.8) is 0 Å². The zero-order valence-corrected chi connectivity index (χ0v) is 47.5. The maximum atomic E-state index is 11.4. The van der Waals surface area contributed by atoms with Crippen molar-refractivity contribution >= 4 is 68.2 Å². The molecule has 0 saturated carbocycles. The predicted octanol–water partition coefficient (Wildman–Crippen LogP) is 9.70. The number of hydrogen-bond acceptors (Lipinski definition) is 17. The molecule has 27 heteroatoms. The van der Waals surface area contributed by atoms with Gasteiger partial charge < -0.3 is 32.9 Å². The Morgan fingerprint density at radius 1 is 0.520 bits per heavy atom. The molecule has 432 valence electrons. The molecule has 0 aliphatic carbocycles. The van der Waals surface area contributed by atoms with Crippen LogP contribution in [-0.4, -0.2) is 70.4 Å². The maximum Gasteiger partial charge on any atom is 0.271 e. The van der Waals surface area contributed by atoms with Crippen molar-refractivity contribution in [1.82, 2.24) is 6.15 Å². The second-order valence-electron chi connectivity index (χ2n) is 19.3. The summed E-state index contributed by atoms with van der Waals surface area (Å²) in [5.74, 6) is 0. The van der Waals surface area contributed by atoms with Crippen LogP contribution in [0.2, 0.25) is 0 Å². The second kappa shape index (κ2) is 32.9. The lowest BCUT2D eigenvalue weighted by atomic mass is 9.86. The Labute approximate surface area is 449 Å². The number of primary sulfonamides is 2. The number of nitro groups is 3. The molecule has 4 aromatic carbocycles. The van der Waals surface area contributed by atoms with Crippen molar-refractivity contribution in [3.05, 3.63) is 125 Å². The Kier molecular flexibility index (Phi) is 35.5. The Bertz CT molecular complexity index is 2680. The molecule has 0 fully saturated rings. The molecule has 0 aliphatic rings. The van der Waals surface area contributed by atoms with Gasteiger partial charge in [0.1, 0.15) is 0 Å². The number of aliphatic hydroxyl groups is 1. The van der Waals surface area contributed by atoms with Gasteiger partial charge >= 0.3 is 0 Å². The summed E-state index contributed by atoms with van der Waals surface area (Å²) in [5, 5.41) is 49.5. The highest BCUT2D eigenvalue weighted by molar-refractivity contribution is 8.13. The summed E-state index contributed by atoms with van der Waals surface area (Å²) in [4.78, 5) is 29.6. The number of ether oxygens (including phenoxy) is 1. The number of sulfonamides is 2. The van der Waals surface area contributed by atoms with Gasteiger partial charge in [-0.25, -0.2) is 35.5 Å². The van der Waals surface area contributed by atoms with Crippen molar-refractivity contribution < 1.29 is 55.3 Å². The maximum absolute atomic E-state index is 11.4. The highest BCUT2D eigenvalue weighted by atomic mass is 35.7. The van der Waals surface area contributed by atoms with Gasteiger partial charge in [-0.2, -0.15) is 0 Å². The van der Waals surface area contributed by atoms with Gasteiger partial charge in [-0.3, -0.25) is 30.3 Å². The van der Waals surface area contributed by atoms with E-state index in [2.05, 4.69) is 0 Å². The molecular formula is C48H85ClN8O15S3. The summed E-state index contributed by atoms with van der Waals surface area (Å²) in [5.41, 5.74) is 12.9. The van der Waals surface area contributed by atoms with E-state index in [4.69, 9.17) is 42.3 Å². The molecule has 0 bridgehead atoms. The molecule has 0 radical (unpaired) electrons. The van der Waals surface area contributed by atoms with Crippen LogP contribution in [0.3, 0.4) is 0 Å². The van der Waals surface area contributed by atoms with Gasteiger partial charge in [0.15, 0.2) is 0 Å². The molecule has 0 atom stereocenters. The number of nitro benzene ring substituents is 3. The molecule has 0 amide bonds. The fourth-order valence-corrected chi connectivity index (χ4v) is 9.10. The first-order chi connectivity index (χ1) is 31.8. The summed E-state index contributed by atoms with van der Waals surface area (Å²) in [7, 11) is -6.41. The normalized spacial score (nSPS) is 11.1. The summed E-state index contributed by atoms with van der Waals surface area (Å²) in [6, 6.07) is 16.8. The summed E-state index contributed by atoms with van der Waals surface area (Å²) in [6.07, 6.45) is 0. The van der Waals surface area contributed by atoms with Crippen molar-refractivity contribution in [2.24, 2.45) is 10.3 Å². The van der Waals surface area contributed by atoms with Crippen molar-refractivity contribution in [2.75, 3.05) is 31.3 Å². The van der Waals surface area contributed by atoms with E-state index in [1.54, 1.807) is 45.9 Å². The minimum atomic E-state index is -4.00. The molecule has 0 aromatic heterocycles. The fraction of sp³-hybridized carbons (Fsp3) is 0.500. The van der Waals surface area contributed by atoms with Gasteiger partial charge in [-0.1, -0.05) is 116 Å². The number of anilines is 2. The number of nitrogen functional groups attached to an aromatic ring is 2. The number of non-ortho nitro benzene ring substituents is 3. The van der Waals surface area contributed by atoms with Gasteiger partial charge in [0.25, 0.3) is 26.1 Å². The summed E-state index contributed by atoms with van der Waals surface area (Å²) >= 11 is 0. The first-order valence-corrected chi connectivity index (χ1v) is 27.0. The topological polar surface area (TPSA) is 432 Å². The minimum absolute atomic E-state index is 0. The molecule has 0 heterocycles. The quantitative estimate of drug-likeness (QED) is 0.0413. The van der Waals surface area contributed by atoms with Gasteiger partial charge in [-0.15, -0.1) is 0 Å². The zero-order valence-electron chi connectivity index (χ0n) is 44.3. The van der Waals surface area contributed by atoms with Gasteiger partial charge in [0, 0.05) is 78.3 Å². The molecule has 0 spiro atoms. The SMILES string of the molecule is C.C.CC(C)(C)c1ccc(N)cc1S(N)(=O)=O.CC(C)(C)c1ccc([N+](=O)[O-])cc1N.CC(C)(C)c1ccc([N+](=O)[O-])cc1S(=O)(=O)Cl.CC(C)(C)c1ccc([N+](=O)[O-])cc1S(N)(=O)=O.CCO.CCOCC.N.O. The van der Waals surface area contributed by atoms with E-state index >= 15 is 0 Å². The Balaban J connectivity index is -0.000000198. The van der Waals surface area contributed by atoms with E-state index in [1.807, 2.05) is 76.2 Å². The Morgan fingerprint density at radius 3 is 1.01 bits per heavy atom. The molecule has 4 rings (SSSR count). The van der Waals surface area contributed by atoms with E-state index in [0.29, 0.717) is 28.1 Å². The number of nitrogens with zero attached hydrogens (tertiary/aromatic N) is 3. The van der Waals surface area contributed by atoms with Crippen molar-refractivity contribution in [2.45, 2.75) is 155 Å². The number of benzene rings is 4. The standard InChI is InChI=1S/C10H12ClNO4S.C10H14N2O4S.C10H16N2O2S.C10H14N2O2.C4H10O.C2H6O.2CH4.H3N.H2O/c2*1-10(2,3)8-5-4-7(12(13)14)6-9(8)17(11,15)16;1-10(2,3)8-5-4-7(11)6-9(8)15(12,13)14;1-10(2,3)8-5-4-7(12(13)14)6-9(8)11;1-3-5-4-2;1-2-3;;;;/h4-6H,1-3H3;4-6H,1-3H3,(H2,11,15,16);4-6H,11H2,1-3H3,(H2,12,13,14);4-6H,11H2,1-3H3;3-4H2,1-2H3;3H,2H2,1H3;2*1H4;1H3;1H2. The van der Waals surface area contributed by atoms with Crippen LogP contribution in [-0.2, 0) is 55.5 Å². The molecule has 14 N–H and O–H groups in total. The van der Waals surface area contributed by atoms with Crippen LogP contribution in [0, 0.1) is 30.3 Å². The summed E-state index contributed by atoms with van der Waals surface area (Å²) < 4.78 is 73.3. The first kappa shape index (κ1) is 81.0. The highest BCUT2D eigenvalue weighted by Crippen LogP contribution is 2.35. The van der Waals surface area contributed by atoms with Crippen molar-refractivity contribution in [3.8, 4) is 0 Å². The molecule has 75 heavy (non-hydrogen) atoms. The van der Waals surface area contributed by atoms with E-state index in [1.165, 1.54) is 42.5 Å². The third-order valence-corrected chi connectivity index (χ3v) is 12.4. The molecule has 0 saturated heterocycles. The van der Waals surface area contributed by atoms with Crippen LogP contribution in [0.4, 0.5) is 28.4 Å². The Hall–Kier alpha value is -5.42. The lowest BCUT2D eigenvalue weighted by molar-refractivity contribution is -0.385. The number of rotatable bonds is 8. The first-order valence-electron chi connectivity index (χ1n) is 21.5. The molecule has 23 nitrogen and oxygen atoms in total. The lowest BCUT2D eigenvalue weighted by Gasteiger charge is -2.22. The summed E-state index contributed by atoms with van der Waals surface area (Å²) in [6.45, 7) is 30.3. The molecular weight excluding hydrogens is 1060 g/mol. The second-order valence-corrected chi connectivity index (χ2v) is 24.9. The molecule has 4 aromatic rings. The number of nitrogens with two attached hydrogens (primary N) is 4. The number of hydrogen-bond donors (Lipinski definition) is 6. The monoisotopic (exact) mass is 1140 g/mol. The molecule has 0 unspecified atom stereocenters. The van der Waals surface area contributed by atoms with Crippen LogP contribution < -0.4 is 27.9 Å². The molecule has 0 aliphatic heterocycles. The Morgan fingerprint density at radius 2 is 0.773 bits per heavy atom. The third kappa shape index (κ3) is 28.9. The van der Waals surface area contributed by atoms with Gasteiger partial charge in [0.05, 0.1) is 29.5 Å². The van der Waals surface area contributed by atoms with Gasteiger partial charge in [-0.05, 0) is 82.9 Å². The zero-order chi connectivity index (χ0) is 56.5. The third-order valence-electron chi connectivity index (χ3n) is 9.12. The van der Waals surface area contributed by atoms with E-state index in [-0.39, 0.29) is 75.7 Å². The lowest BCUT2D eigenvalue weighted by Crippen LogP contribution is -2.21. The average Bonchev–Trinajstić information content (AvgIpc) is 3.19. The number of aliphatic hydroxyl groups excluding tert-OH is 1. The van der Waals surface area contributed by atoms with Gasteiger partial charge in [0.2, 0.25) is 20.0 Å². The van der Waals surface area contributed by atoms with Crippen LogP contribution in [0.5, 0.6) is 0 Å². The predicted molar refractivity (Wildman–Crippen MR) is 302 cm³/mol. The average molecular weight is 1150 g/mol. The largest absolute Gasteiger partial charge is 0.412 e. The van der Waals surface area contributed by atoms with E-state index in [9.17, 15) is 55.6 Å². The van der Waals surface area contributed by atoms with Crippen LogP contribution in [0.15, 0.2) is 87.5 Å². The fourth-order valence-electron chi connectivity index (χ4n) is 5.87. The minimum Gasteiger partial charge on any atom is -0.412 e. The van der Waals surface area contributed by atoms with Crippen LogP contribution in [0.1, 0.15) is 141 Å². The highest BCUT2D eigenvalue weighted by Gasteiger charge is 2.28. The van der Waals surface area contributed by atoms with E-state index < -0.39 is 54.7 Å². The van der Waals surface area contributed by atoms with Crippen molar-refractivity contribution in [1.29, 1.82) is 0 Å². The number of halogens is 1. The van der Waals surface area contributed by atoms with Crippen LogP contribution >= 0.6 is 10.7 Å².